The Labute approximate surface area is 136 Å². The molecule has 0 aromatic rings. The second-order valence-corrected chi connectivity index (χ2v) is 5.63. The summed E-state index contributed by atoms with van der Waals surface area (Å²) in [5, 5.41) is 76.1. The molecule has 0 aromatic heterocycles. The van der Waals surface area contributed by atoms with Gasteiger partial charge >= 0.3 is 0 Å². The van der Waals surface area contributed by atoms with Crippen LogP contribution in [-0.4, -0.2) is 121 Å². The van der Waals surface area contributed by atoms with Gasteiger partial charge < -0.3 is 60.5 Å². The van der Waals surface area contributed by atoms with Crippen molar-refractivity contribution >= 4 is 0 Å². The number of hydrogen-bond donors (Lipinski definition) is 8. The Morgan fingerprint density at radius 2 is 1.50 bits per heavy atom. The van der Waals surface area contributed by atoms with E-state index in [9.17, 15) is 30.6 Å². The van der Waals surface area contributed by atoms with Crippen molar-refractivity contribution in [2.75, 3.05) is 19.8 Å². The number of aliphatic hydroxyl groups is 8. The van der Waals surface area contributed by atoms with Crippen LogP contribution in [0.4, 0.5) is 0 Å². The van der Waals surface area contributed by atoms with Crippen molar-refractivity contribution < 1.29 is 60.5 Å². The van der Waals surface area contributed by atoms with Gasteiger partial charge in [0.25, 0.3) is 0 Å². The van der Waals surface area contributed by atoms with E-state index in [1.807, 2.05) is 0 Å². The third kappa shape index (κ3) is 3.85. The van der Waals surface area contributed by atoms with E-state index < -0.39 is 74.6 Å². The Kier molecular flexibility index (Phi) is 7.43. The van der Waals surface area contributed by atoms with E-state index >= 15 is 0 Å². The van der Waals surface area contributed by atoms with Crippen LogP contribution >= 0.6 is 0 Å². The molecule has 0 amide bonds. The third-order valence-corrected chi connectivity index (χ3v) is 4.02. The second kappa shape index (κ2) is 8.27. The van der Waals surface area contributed by atoms with Gasteiger partial charge in [-0.1, -0.05) is 0 Å². The summed E-state index contributed by atoms with van der Waals surface area (Å²) in [6.07, 6.45) is -12.0. The fourth-order valence-electron chi connectivity index (χ4n) is 2.53. The minimum absolute atomic E-state index is 0. The standard InChI is InChI=1S/C12H22O11.H2O/c13-1-4-6(15)8(17)9(18)11(22-4)21-2-5-7(16)10(19)12(20,3-14)23-5;/h4-11,13-20H,1-3H2;1H2/t4-,5-,6-,7-,8+,9-,10-,11+,12-;/m1./s1. The summed E-state index contributed by atoms with van der Waals surface area (Å²) >= 11 is 0. The minimum atomic E-state index is -2.34. The average molecular weight is 360 g/mol. The molecule has 2 aliphatic rings. The molecule has 10 N–H and O–H groups in total. The molecule has 2 rings (SSSR count). The van der Waals surface area contributed by atoms with Crippen molar-refractivity contribution in [3.8, 4) is 0 Å². The fourth-order valence-corrected chi connectivity index (χ4v) is 2.53. The SMILES string of the molecule is O.OC[C@H]1O[C@H](OC[C@H]2O[C@](O)(CO)[C@H](O)[C@@H]2O)[C@H](O)[C@@H](O)[C@@H]1O. The van der Waals surface area contributed by atoms with Gasteiger partial charge in [0, 0.05) is 0 Å². The lowest BCUT2D eigenvalue weighted by atomic mass is 9.99. The van der Waals surface area contributed by atoms with Gasteiger partial charge in [-0.2, -0.15) is 0 Å². The lowest BCUT2D eigenvalue weighted by molar-refractivity contribution is -0.310. The summed E-state index contributed by atoms with van der Waals surface area (Å²) < 4.78 is 15.2. The van der Waals surface area contributed by atoms with Gasteiger partial charge in [0.15, 0.2) is 6.29 Å². The van der Waals surface area contributed by atoms with Crippen LogP contribution < -0.4 is 0 Å². The average Bonchev–Trinajstić information content (AvgIpc) is 2.77. The first kappa shape index (κ1) is 21.6. The maximum absolute atomic E-state index is 9.78. The largest absolute Gasteiger partial charge is 0.412 e. The topological polar surface area (TPSA) is 221 Å². The summed E-state index contributed by atoms with van der Waals surface area (Å²) in [5.41, 5.74) is 0. The molecule has 24 heavy (non-hydrogen) atoms. The molecule has 0 radical (unpaired) electrons. The Balaban J connectivity index is 0.00000288. The van der Waals surface area contributed by atoms with E-state index in [4.69, 9.17) is 24.4 Å². The maximum atomic E-state index is 9.78. The maximum Gasteiger partial charge on any atom is 0.219 e. The van der Waals surface area contributed by atoms with Gasteiger partial charge in [0.1, 0.15) is 42.7 Å². The fraction of sp³-hybridized carbons (Fsp3) is 1.00. The van der Waals surface area contributed by atoms with E-state index in [0.29, 0.717) is 0 Å². The smallest absolute Gasteiger partial charge is 0.219 e. The van der Waals surface area contributed by atoms with E-state index in [2.05, 4.69) is 0 Å². The normalized spacial score (nSPS) is 49.0. The molecule has 0 aromatic carbocycles. The summed E-state index contributed by atoms with van der Waals surface area (Å²) in [6, 6.07) is 0. The van der Waals surface area contributed by atoms with Gasteiger partial charge in [0.2, 0.25) is 5.79 Å². The number of ether oxygens (including phenoxy) is 3. The van der Waals surface area contributed by atoms with Gasteiger partial charge in [0.05, 0.1) is 19.8 Å². The minimum Gasteiger partial charge on any atom is -0.412 e. The number of rotatable bonds is 5. The lowest BCUT2D eigenvalue weighted by Gasteiger charge is -2.39. The van der Waals surface area contributed by atoms with Crippen LogP contribution in [0.2, 0.25) is 0 Å². The molecule has 0 saturated carbocycles. The van der Waals surface area contributed by atoms with Crippen LogP contribution in [0.15, 0.2) is 0 Å². The Bertz CT molecular complexity index is 394. The molecule has 12 heteroatoms. The Hall–Kier alpha value is -0.480. The van der Waals surface area contributed by atoms with Crippen LogP contribution in [0.1, 0.15) is 0 Å². The van der Waals surface area contributed by atoms with Crippen LogP contribution in [0.3, 0.4) is 0 Å². The zero-order valence-corrected chi connectivity index (χ0v) is 12.5. The number of aliphatic hydroxyl groups excluding tert-OH is 7. The molecule has 0 aliphatic carbocycles. The first-order valence-corrected chi connectivity index (χ1v) is 7.04. The van der Waals surface area contributed by atoms with Gasteiger partial charge in [-0.15, -0.1) is 0 Å². The molecule has 0 spiro atoms. The van der Waals surface area contributed by atoms with Crippen LogP contribution in [0, 0.1) is 0 Å². The van der Waals surface area contributed by atoms with Gasteiger partial charge in [-0.25, -0.2) is 0 Å². The van der Waals surface area contributed by atoms with Crippen LogP contribution in [0.25, 0.3) is 0 Å². The lowest BCUT2D eigenvalue weighted by Crippen LogP contribution is -2.59. The van der Waals surface area contributed by atoms with Gasteiger partial charge in [-0.3, -0.25) is 0 Å². The van der Waals surface area contributed by atoms with Crippen molar-refractivity contribution in [1.29, 1.82) is 0 Å². The van der Waals surface area contributed by atoms with Crippen molar-refractivity contribution in [2.45, 2.75) is 54.8 Å². The van der Waals surface area contributed by atoms with Crippen molar-refractivity contribution in [3.05, 3.63) is 0 Å². The Morgan fingerprint density at radius 3 is 2.00 bits per heavy atom. The summed E-state index contributed by atoms with van der Waals surface area (Å²) in [5.74, 6) is -2.34. The molecular weight excluding hydrogens is 336 g/mol. The predicted octanol–water partition coefficient (Wildman–Crippen LogP) is -6.22. The van der Waals surface area contributed by atoms with Crippen molar-refractivity contribution in [2.24, 2.45) is 0 Å². The Morgan fingerprint density at radius 1 is 0.875 bits per heavy atom. The number of hydrogen-bond acceptors (Lipinski definition) is 11. The van der Waals surface area contributed by atoms with E-state index in [1.54, 1.807) is 0 Å². The first-order valence-electron chi connectivity index (χ1n) is 7.04. The van der Waals surface area contributed by atoms with Crippen molar-refractivity contribution in [3.63, 3.8) is 0 Å². The summed E-state index contributed by atoms with van der Waals surface area (Å²) in [4.78, 5) is 0. The monoisotopic (exact) mass is 360 g/mol. The van der Waals surface area contributed by atoms with E-state index in [1.165, 1.54) is 0 Å². The molecule has 12 nitrogen and oxygen atoms in total. The molecule has 0 unspecified atom stereocenters. The molecule has 9 atom stereocenters. The zero-order chi connectivity index (χ0) is 17.4. The molecule has 2 fully saturated rings. The second-order valence-electron chi connectivity index (χ2n) is 5.63. The highest BCUT2D eigenvalue weighted by Gasteiger charge is 2.53. The highest BCUT2D eigenvalue weighted by Crippen LogP contribution is 2.30. The quantitative estimate of drug-likeness (QED) is 0.230. The van der Waals surface area contributed by atoms with E-state index in [-0.39, 0.29) is 5.48 Å². The first-order chi connectivity index (χ1) is 10.7. The molecule has 2 heterocycles. The molecule has 2 aliphatic heterocycles. The van der Waals surface area contributed by atoms with Crippen molar-refractivity contribution in [1.82, 2.24) is 0 Å². The highest BCUT2D eigenvalue weighted by molar-refractivity contribution is 4.95. The molecular formula is C12H24O12. The third-order valence-electron chi connectivity index (χ3n) is 4.02. The van der Waals surface area contributed by atoms with Crippen LogP contribution in [-0.2, 0) is 14.2 Å². The predicted molar refractivity (Wildman–Crippen MR) is 72.3 cm³/mol. The highest BCUT2D eigenvalue weighted by atomic mass is 16.7. The van der Waals surface area contributed by atoms with Gasteiger partial charge in [-0.05, 0) is 0 Å². The molecule has 0 bridgehead atoms. The summed E-state index contributed by atoms with van der Waals surface area (Å²) in [6.45, 7) is -2.05. The molecule has 144 valence electrons. The van der Waals surface area contributed by atoms with E-state index in [0.717, 1.165) is 0 Å². The zero-order valence-electron chi connectivity index (χ0n) is 12.5. The van der Waals surface area contributed by atoms with Crippen LogP contribution in [0.5, 0.6) is 0 Å². The summed E-state index contributed by atoms with van der Waals surface area (Å²) in [7, 11) is 0. The molecule has 2 saturated heterocycles.